The monoisotopic (exact) mass is 553 g/mol. The zero-order valence-electron chi connectivity index (χ0n) is 19.7. The molecule has 12 heteroatoms. The molecule has 0 unspecified atom stereocenters. The molecule has 0 radical (unpaired) electrons. The lowest BCUT2D eigenvalue weighted by molar-refractivity contribution is -0.137. The topological polar surface area (TPSA) is 83.2 Å². The van der Waals surface area contributed by atoms with Crippen molar-refractivity contribution in [3.05, 3.63) is 88.8 Å². The Bertz CT molecular complexity index is 1390. The highest BCUT2D eigenvalue weighted by Gasteiger charge is 2.38. The highest BCUT2D eigenvalue weighted by atomic mass is 35.5. The molecular formula is C25H23ClF3N3O4S. The first-order valence-corrected chi connectivity index (χ1v) is 13.2. The highest BCUT2D eigenvalue weighted by molar-refractivity contribution is 7.89. The standard InChI is InChI=1S/C25H23ClF3N3O4S/c1-2-12-31(37(34,35)20-6-3-5-18(14-20)25(27,28)29)16-24(33)32-22(23-7-4-13-36-23)15-21(30-32)17-8-10-19(26)11-9-17/h3-11,13-14,22H,2,12,15-16H2,1H3/t22-/m1/s1. The average Bonchev–Trinajstić information content (AvgIpc) is 3.54. The Hall–Kier alpha value is -3.15. The smallest absolute Gasteiger partial charge is 0.416 e. The number of hydrogen-bond donors (Lipinski definition) is 0. The summed E-state index contributed by atoms with van der Waals surface area (Å²) in [5.41, 5.74) is 0.221. The van der Waals surface area contributed by atoms with Gasteiger partial charge in [-0.25, -0.2) is 13.4 Å². The van der Waals surface area contributed by atoms with E-state index in [1.54, 1.807) is 43.3 Å². The van der Waals surface area contributed by atoms with Crippen molar-refractivity contribution in [3.8, 4) is 0 Å². The lowest BCUT2D eigenvalue weighted by atomic mass is 10.0. The third kappa shape index (κ3) is 5.89. The maximum Gasteiger partial charge on any atom is 0.416 e. The minimum atomic E-state index is -4.71. The van der Waals surface area contributed by atoms with E-state index in [1.807, 2.05) is 0 Å². The number of hydrazone groups is 1. The number of alkyl halides is 3. The first-order valence-electron chi connectivity index (χ1n) is 11.4. The Morgan fingerprint density at radius 2 is 1.89 bits per heavy atom. The molecular weight excluding hydrogens is 531 g/mol. The van der Waals surface area contributed by atoms with Gasteiger partial charge in [-0.1, -0.05) is 36.7 Å². The Morgan fingerprint density at radius 3 is 2.51 bits per heavy atom. The van der Waals surface area contributed by atoms with Gasteiger partial charge in [0.25, 0.3) is 5.91 Å². The SMILES string of the molecule is CCCN(CC(=O)N1N=C(c2ccc(Cl)cc2)C[C@@H]1c1ccco1)S(=O)(=O)c1cccc(C(F)(F)F)c1. The Morgan fingerprint density at radius 1 is 1.16 bits per heavy atom. The van der Waals surface area contributed by atoms with Crippen molar-refractivity contribution in [1.82, 2.24) is 9.31 Å². The number of rotatable bonds is 8. The minimum absolute atomic E-state index is 0.0721. The Balaban J connectivity index is 1.64. The second-order valence-corrected chi connectivity index (χ2v) is 10.8. The van der Waals surface area contributed by atoms with Gasteiger partial charge < -0.3 is 4.42 Å². The van der Waals surface area contributed by atoms with Crippen LogP contribution < -0.4 is 0 Å². The fourth-order valence-corrected chi connectivity index (χ4v) is 5.65. The van der Waals surface area contributed by atoms with Crippen LogP contribution in [0.4, 0.5) is 13.2 Å². The van der Waals surface area contributed by atoms with Gasteiger partial charge in [0.05, 0.1) is 29.0 Å². The highest BCUT2D eigenvalue weighted by Crippen LogP contribution is 2.34. The number of carbonyl (C=O) groups excluding carboxylic acids is 1. The summed E-state index contributed by atoms with van der Waals surface area (Å²) >= 11 is 5.98. The number of sulfonamides is 1. The van der Waals surface area contributed by atoms with Gasteiger partial charge in [-0.2, -0.15) is 22.6 Å². The zero-order chi connectivity index (χ0) is 26.8. The van der Waals surface area contributed by atoms with Crippen LogP contribution in [0.15, 0.2) is 81.3 Å². The van der Waals surface area contributed by atoms with Gasteiger partial charge in [0, 0.05) is 18.0 Å². The molecule has 0 bridgehead atoms. The van der Waals surface area contributed by atoms with E-state index in [4.69, 9.17) is 16.0 Å². The lowest BCUT2D eigenvalue weighted by Crippen LogP contribution is -2.41. The largest absolute Gasteiger partial charge is 0.467 e. The summed E-state index contributed by atoms with van der Waals surface area (Å²) in [5.74, 6) is -0.182. The predicted octanol–water partition coefficient (Wildman–Crippen LogP) is 5.73. The summed E-state index contributed by atoms with van der Waals surface area (Å²) < 4.78 is 72.6. The van der Waals surface area contributed by atoms with E-state index < -0.39 is 45.2 Å². The van der Waals surface area contributed by atoms with Crippen LogP contribution in [-0.2, 0) is 21.0 Å². The van der Waals surface area contributed by atoms with Crippen LogP contribution in [0.5, 0.6) is 0 Å². The van der Waals surface area contributed by atoms with Gasteiger partial charge in [0.2, 0.25) is 10.0 Å². The zero-order valence-corrected chi connectivity index (χ0v) is 21.2. The van der Waals surface area contributed by atoms with E-state index in [0.29, 0.717) is 35.4 Å². The molecule has 1 aliphatic heterocycles. The van der Waals surface area contributed by atoms with Crippen molar-refractivity contribution in [2.75, 3.05) is 13.1 Å². The Kier molecular flexibility index (Phi) is 7.77. The van der Waals surface area contributed by atoms with Gasteiger partial charge in [0.1, 0.15) is 11.8 Å². The van der Waals surface area contributed by atoms with Crippen LogP contribution in [0.3, 0.4) is 0 Å². The molecule has 0 spiro atoms. The van der Waals surface area contributed by atoms with Crippen molar-refractivity contribution < 1.29 is 30.8 Å². The second kappa shape index (κ2) is 10.7. The van der Waals surface area contributed by atoms with Gasteiger partial charge in [0.15, 0.2) is 0 Å². The molecule has 4 rings (SSSR count). The molecule has 0 fully saturated rings. The van der Waals surface area contributed by atoms with Crippen molar-refractivity contribution in [2.45, 2.75) is 36.9 Å². The molecule has 3 aromatic rings. The quantitative estimate of drug-likeness (QED) is 0.357. The van der Waals surface area contributed by atoms with E-state index in [1.165, 1.54) is 11.3 Å². The normalized spacial score (nSPS) is 16.3. The molecule has 1 atom stereocenters. The van der Waals surface area contributed by atoms with Crippen molar-refractivity contribution in [2.24, 2.45) is 5.10 Å². The molecule has 7 nitrogen and oxygen atoms in total. The van der Waals surface area contributed by atoms with Gasteiger partial charge in [-0.15, -0.1) is 0 Å². The van der Waals surface area contributed by atoms with E-state index >= 15 is 0 Å². The molecule has 37 heavy (non-hydrogen) atoms. The van der Waals surface area contributed by atoms with Crippen LogP contribution in [-0.4, -0.2) is 42.4 Å². The summed E-state index contributed by atoms with van der Waals surface area (Å²) in [5, 5.41) is 6.18. The van der Waals surface area contributed by atoms with Crippen LogP contribution in [0.1, 0.15) is 42.7 Å². The molecule has 1 amide bonds. The number of amides is 1. The van der Waals surface area contributed by atoms with Crippen molar-refractivity contribution >= 4 is 33.2 Å². The fourth-order valence-electron chi connectivity index (χ4n) is 4.00. The number of benzene rings is 2. The van der Waals surface area contributed by atoms with Crippen LogP contribution in [0.25, 0.3) is 0 Å². The maximum atomic E-state index is 13.4. The third-order valence-corrected chi connectivity index (χ3v) is 7.89. The lowest BCUT2D eigenvalue weighted by Gasteiger charge is -2.25. The van der Waals surface area contributed by atoms with Gasteiger partial charge in [-0.05, 0) is 54.4 Å². The summed E-state index contributed by atoms with van der Waals surface area (Å²) in [6, 6.07) is 13.1. The average molecular weight is 554 g/mol. The number of nitrogens with zero attached hydrogens (tertiary/aromatic N) is 3. The first kappa shape index (κ1) is 26.9. The second-order valence-electron chi connectivity index (χ2n) is 8.39. The number of carbonyl (C=O) groups is 1. The fraction of sp³-hybridized carbons (Fsp3) is 0.280. The van der Waals surface area contributed by atoms with Crippen LogP contribution in [0, 0.1) is 0 Å². The van der Waals surface area contributed by atoms with E-state index in [2.05, 4.69) is 5.10 Å². The number of halogens is 4. The summed E-state index contributed by atoms with van der Waals surface area (Å²) in [6.45, 7) is 1.02. The molecule has 0 saturated carbocycles. The molecule has 2 aromatic carbocycles. The van der Waals surface area contributed by atoms with E-state index in [0.717, 1.165) is 28.1 Å². The Labute approximate surface area is 217 Å². The van der Waals surface area contributed by atoms with Crippen molar-refractivity contribution in [3.63, 3.8) is 0 Å². The number of furan rings is 1. The van der Waals surface area contributed by atoms with Gasteiger partial charge in [-0.3, -0.25) is 4.79 Å². The summed E-state index contributed by atoms with van der Waals surface area (Å²) in [7, 11) is -4.41. The summed E-state index contributed by atoms with van der Waals surface area (Å²) in [4.78, 5) is 12.9. The van der Waals surface area contributed by atoms with E-state index in [9.17, 15) is 26.4 Å². The molecule has 2 heterocycles. The first-order chi connectivity index (χ1) is 17.5. The molecule has 0 N–H and O–H groups in total. The number of hydrogen-bond acceptors (Lipinski definition) is 5. The van der Waals surface area contributed by atoms with Crippen LogP contribution >= 0.6 is 11.6 Å². The van der Waals surface area contributed by atoms with E-state index in [-0.39, 0.29) is 6.54 Å². The summed E-state index contributed by atoms with van der Waals surface area (Å²) in [6.07, 6.45) is -2.60. The minimum Gasteiger partial charge on any atom is -0.467 e. The van der Waals surface area contributed by atoms with Gasteiger partial charge >= 0.3 is 6.18 Å². The molecule has 1 aromatic heterocycles. The third-order valence-electron chi connectivity index (χ3n) is 5.80. The molecule has 0 aliphatic carbocycles. The van der Waals surface area contributed by atoms with Crippen LogP contribution in [0.2, 0.25) is 5.02 Å². The predicted molar refractivity (Wildman–Crippen MR) is 131 cm³/mol. The van der Waals surface area contributed by atoms with Crippen molar-refractivity contribution in [1.29, 1.82) is 0 Å². The molecule has 1 aliphatic rings. The molecule has 196 valence electrons. The molecule has 0 saturated heterocycles. The maximum absolute atomic E-state index is 13.4.